The van der Waals surface area contributed by atoms with E-state index in [1.165, 1.54) is 10.5 Å². The van der Waals surface area contributed by atoms with Crippen molar-refractivity contribution in [3.8, 4) is 0 Å². The lowest BCUT2D eigenvalue weighted by Crippen LogP contribution is -2.36. The first-order valence-corrected chi connectivity index (χ1v) is 8.11. The number of nitrogens with one attached hydrogen (secondary N) is 1. The molecule has 1 aliphatic rings. The molecule has 0 aliphatic carbocycles. The van der Waals surface area contributed by atoms with E-state index in [0.717, 1.165) is 0 Å². The largest absolute Gasteiger partial charge is 0.386 e. The Labute approximate surface area is 120 Å². The summed E-state index contributed by atoms with van der Waals surface area (Å²) in [6.45, 7) is 3.12. The van der Waals surface area contributed by atoms with Crippen LogP contribution in [0.4, 0.5) is 5.69 Å². The van der Waals surface area contributed by atoms with Gasteiger partial charge >= 0.3 is 0 Å². The molecule has 1 aliphatic heterocycles. The van der Waals surface area contributed by atoms with Gasteiger partial charge in [0.15, 0.2) is 5.03 Å². The number of aromatic nitrogens is 1. The highest BCUT2D eigenvalue weighted by Gasteiger charge is 2.39. The van der Waals surface area contributed by atoms with Crippen LogP contribution >= 0.6 is 0 Å². The van der Waals surface area contributed by atoms with E-state index in [1.807, 2.05) is 14.1 Å². The smallest absolute Gasteiger partial charge is 0.262 e. The zero-order valence-corrected chi connectivity index (χ0v) is 13.2. The molecule has 0 aromatic carbocycles. The van der Waals surface area contributed by atoms with E-state index in [-0.39, 0.29) is 11.1 Å². The zero-order valence-electron chi connectivity index (χ0n) is 12.4. The van der Waals surface area contributed by atoms with Gasteiger partial charge in [0.1, 0.15) is 0 Å². The summed E-state index contributed by atoms with van der Waals surface area (Å²) in [7, 11) is 2.12. The normalized spacial score (nSPS) is 24.2. The highest BCUT2D eigenvalue weighted by atomic mass is 32.2. The van der Waals surface area contributed by atoms with Gasteiger partial charge in [-0.1, -0.05) is 6.92 Å². The number of nitrogens with zero attached hydrogens (tertiary/aromatic N) is 3. The van der Waals surface area contributed by atoms with E-state index in [9.17, 15) is 8.42 Å². The molecule has 1 N–H and O–H groups in total. The molecule has 1 aromatic rings. The molecule has 1 saturated heterocycles. The van der Waals surface area contributed by atoms with Crippen LogP contribution in [0.25, 0.3) is 0 Å². The lowest BCUT2D eigenvalue weighted by Gasteiger charge is -2.22. The second kappa shape index (κ2) is 5.67. The van der Waals surface area contributed by atoms with Crippen molar-refractivity contribution in [2.45, 2.75) is 18.0 Å². The third-order valence-electron chi connectivity index (χ3n) is 3.83. The van der Waals surface area contributed by atoms with E-state index in [4.69, 9.17) is 0 Å². The molecule has 2 rings (SSSR count). The molecule has 0 radical (unpaired) electrons. The average Bonchev–Trinajstić information content (AvgIpc) is 2.81. The van der Waals surface area contributed by atoms with Crippen LogP contribution in [0.3, 0.4) is 0 Å². The van der Waals surface area contributed by atoms with Crippen molar-refractivity contribution < 1.29 is 8.42 Å². The minimum atomic E-state index is -3.55. The molecule has 1 aromatic heterocycles. The number of hydrogen-bond donors (Lipinski definition) is 1. The standard InChI is InChI=1S/C13H22N4O2S/c1-10-8-17(9-12(10)16(3)4)20(18,19)13-11(14-2)6-5-7-15-13/h5-7,10,12,14H,8-9H2,1-4H3. The van der Waals surface area contributed by atoms with Gasteiger partial charge in [-0.15, -0.1) is 0 Å². The van der Waals surface area contributed by atoms with Crippen LogP contribution < -0.4 is 5.32 Å². The van der Waals surface area contributed by atoms with Crippen LogP contribution in [0.5, 0.6) is 0 Å². The first-order valence-electron chi connectivity index (χ1n) is 6.67. The van der Waals surface area contributed by atoms with Crippen LogP contribution in [-0.2, 0) is 10.0 Å². The third kappa shape index (κ3) is 2.65. The zero-order chi connectivity index (χ0) is 14.9. The highest BCUT2D eigenvalue weighted by molar-refractivity contribution is 7.89. The fourth-order valence-corrected chi connectivity index (χ4v) is 4.35. The van der Waals surface area contributed by atoms with Crippen molar-refractivity contribution in [2.75, 3.05) is 39.5 Å². The van der Waals surface area contributed by atoms with Gasteiger partial charge in [0, 0.05) is 32.4 Å². The molecule has 112 valence electrons. The van der Waals surface area contributed by atoms with Gasteiger partial charge in [0.25, 0.3) is 10.0 Å². The molecular formula is C13H22N4O2S. The first kappa shape index (κ1) is 15.2. The summed E-state index contributed by atoms with van der Waals surface area (Å²) >= 11 is 0. The van der Waals surface area contributed by atoms with E-state index < -0.39 is 10.0 Å². The van der Waals surface area contributed by atoms with Crippen LogP contribution in [0.2, 0.25) is 0 Å². The summed E-state index contributed by atoms with van der Waals surface area (Å²) in [4.78, 5) is 6.14. The van der Waals surface area contributed by atoms with Crippen molar-refractivity contribution in [1.82, 2.24) is 14.2 Å². The summed E-state index contributed by atoms with van der Waals surface area (Å²) in [5, 5.41) is 3.00. The predicted octanol–water partition coefficient (Wildman–Crippen LogP) is 0.694. The number of rotatable bonds is 4. The number of sulfonamides is 1. The molecule has 6 nitrogen and oxygen atoms in total. The Morgan fingerprint density at radius 3 is 2.65 bits per heavy atom. The maximum absolute atomic E-state index is 12.7. The number of anilines is 1. The van der Waals surface area contributed by atoms with Crippen LogP contribution in [0.15, 0.2) is 23.4 Å². The summed E-state index contributed by atoms with van der Waals surface area (Å²) in [5.41, 5.74) is 0.536. The van der Waals surface area contributed by atoms with Crippen LogP contribution in [0.1, 0.15) is 6.92 Å². The molecule has 0 spiro atoms. The monoisotopic (exact) mass is 298 g/mol. The summed E-state index contributed by atoms with van der Waals surface area (Å²) < 4.78 is 27.0. The molecule has 0 saturated carbocycles. The Balaban J connectivity index is 2.33. The molecule has 2 heterocycles. The Morgan fingerprint density at radius 2 is 2.10 bits per heavy atom. The Morgan fingerprint density at radius 1 is 1.40 bits per heavy atom. The lowest BCUT2D eigenvalue weighted by molar-refractivity contribution is 0.263. The molecule has 0 bridgehead atoms. The van der Waals surface area contributed by atoms with Crippen molar-refractivity contribution in [2.24, 2.45) is 5.92 Å². The number of pyridine rings is 1. The fraction of sp³-hybridized carbons (Fsp3) is 0.615. The second-order valence-corrected chi connectivity index (χ2v) is 7.29. The van der Waals surface area contributed by atoms with Crippen molar-refractivity contribution in [1.29, 1.82) is 0 Å². The van der Waals surface area contributed by atoms with E-state index in [1.54, 1.807) is 19.2 Å². The van der Waals surface area contributed by atoms with Crippen molar-refractivity contribution in [3.63, 3.8) is 0 Å². The Bertz CT molecular complexity index is 573. The van der Waals surface area contributed by atoms with Gasteiger partial charge in [-0.3, -0.25) is 0 Å². The fourth-order valence-electron chi connectivity index (χ4n) is 2.68. The van der Waals surface area contributed by atoms with Gasteiger partial charge in [-0.25, -0.2) is 13.4 Å². The van der Waals surface area contributed by atoms with E-state index in [0.29, 0.717) is 24.7 Å². The van der Waals surface area contributed by atoms with E-state index >= 15 is 0 Å². The van der Waals surface area contributed by atoms with Gasteiger partial charge in [-0.05, 0) is 32.1 Å². The van der Waals surface area contributed by atoms with Crippen molar-refractivity contribution >= 4 is 15.7 Å². The van der Waals surface area contributed by atoms with Gasteiger partial charge in [0.2, 0.25) is 0 Å². The number of likely N-dealkylation sites (N-methyl/N-ethyl adjacent to an activating group) is 1. The topological polar surface area (TPSA) is 65.5 Å². The first-order chi connectivity index (χ1) is 9.37. The van der Waals surface area contributed by atoms with Crippen LogP contribution in [0, 0.1) is 5.92 Å². The van der Waals surface area contributed by atoms with Gasteiger partial charge < -0.3 is 10.2 Å². The predicted molar refractivity (Wildman–Crippen MR) is 79.2 cm³/mol. The Hall–Kier alpha value is -1.18. The maximum Gasteiger partial charge on any atom is 0.262 e. The summed E-state index contributed by atoms with van der Waals surface area (Å²) in [6.07, 6.45) is 1.51. The highest BCUT2D eigenvalue weighted by Crippen LogP contribution is 2.28. The summed E-state index contributed by atoms with van der Waals surface area (Å²) in [5.74, 6) is 0.307. The minimum absolute atomic E-state index is 0.106. The van der Waals surface area contributed by atoms with Gasteiger partial charge in [0.05, 0.1) is 5.69 Å². The second-order valence-electron chi connectivity index (χ2n) is 5.44. The molecule has 1 fully saturated rings. The molecule has 2 atom stereocenters. The van der Waals surface area contributed by atoms with Gasteiger partial charge in [-0.2, -0.15) is 4.31 Å². The minimum Gasteiger partial charge on any atom is -0.386 e. The van der Waals surface area contributed by atoms with Crippen LogP contribution in [-0.4, -0.2) is 62.9 Å². The number of hydrogen-bond acceptors (Lipinski definition) is 5. The quantitative estimate of drug-likeness (QED) is 0.886. The van der Waals surface area contributed by atoms with Crippen molar-refractivity contribution in [3.05, 3.63) is 18.3 Å². The molecule has 20 heavy (non-hydrogen) atoms. The molecule has 7 heteroatoms. The maximum atomic E-state index is 12.7. The molecule has 2 unspecified atom stereocenters. The lowest BCUT2D eigenvalue weighted by atomic mass is 10.1. The van der Waals surface area contributed by atoms with E-state index in [2.05, 4.69) is 22.1 Å². The SMILES string of the molecule is CNc1cccnc1S(=O)(=O)N1CC(C)C(N(C)C)C1. The summed E-state index contributed by atoms with van der Waals surface area (Å²) in [6, 6.07) is 3.69. The Kier molecular flexibility index (Phi) is 4.31. The molecule has 0 amide bonds. The third-order valence-corrected chi connectivity index (χ3v) is 5.62. The average molecular weight is 298 g/mol. The molecular weight excluding hydrogens is 276 g/mol.